The Labute approximate surface area is 87.0 Å². The lowest BCUT2D eigenvalue weighted by molar-refractivity contribution is -0.139. The first kappa shape index (κ1) is 11.1. The van der Waals surface area contributed by atoms with E-state index in [9.17, 15) is 4.79 Å². The minimum Gasteiger partial charge on any atom is -0.480 e. The van der Waals surface area contributed by atoms with Crippen LogP contribution >= 0.6 is 11.3 Å². The first-order valence-electron chi connectivity index (χ1n) is 4.45. The van der Waals surface area contributed by atoms with Gasteiger partial charge in [0.15, 0.2) is 0 Å². The van der Waals surface area contributed by atoms with E-state index in [1.165, 1.54) is 11.3 Å². The maximum atomic E-state index is 10.9. The first-order chi connectivity index (χ1) is 6.59. The molecule has 1 atom stereocenters. The molecule has 1 heterocycles. The molecule has 1 aromatic heterocycles. The highest BCUT2D eigenvalue weighted by Gasteiger charge is 2.18. The minimum atomic E-state index is -0.827. The molecule has 0 fully saturated rings. The average molecular weight is 214 g/mol. The van der Waals surface area contributed by atoms with Crippen molar-refractivity contribution >= 4 is 17.3 Å². The molecule has 0 saturated heterocycles. The van der Waals surface area contributed by atoms with E-state index in [1.54, 1.807) is 5.51 Å². The third-order valence-electron chi connectivity index (χ3n) is 1.73. The van der Waals surface area contributed by atoms with Gasteiger partial charge >= 0.3 is 5.97 Å². The molecular weight excluding hydrogens is 200 g/mol. The number of rotatable bonds is 5. The van der Waals surface area contributed by atoms with Gasteiger partial charge in [0.2, 0.25) is 0 Å². The number of hydrogen-bond acceptors (Lipinski definition) is 4. The molecular formula is C9H14N2O2S. The highest BCUT2D eigenvalue weighted by atomic mass is 32.1. The Kier molecular flexibility index (Phi) is 4.03. The lowest BCUT2D eigenvalue weighted by Crippen LogP contribution is -2.42. The van der Waals surface area contributed by atoms with Crippen molar-refractivity contribution in [2.75, 3.05) is 0 Å². The lowest BCUT2D eigenvalue weighted by atomic mass is 10.1. The summed E-state index contributed by atoms with van der Waals surface area (Å²) in [5.74, 6) is -0.827. The number of thiazole rings is 1. The Morgan fingerprint density at radius 3 is 2.86 bits per heavy atom. The van der Waals surface area contributed by atoms with Gasteiger partial charge in [0.1, 0.15) is 6.04 Å². The van der Waals surface area contributed by atoms with Crippen LogP contribution < -0.4 is 5.32 Å². The van der Waals surface area contributed by atoms with Crippen LogP contribution in [0.4, 0.5) is 0 Å². The maximum absolute atomic E-state index is 10.9. The van der Waals surface area contributed by atoms with Crippen LogP contribution in [0.3, 0.4) is 0 Å². The van der Waals surface area contributed by atoms with Crippen molar-refractivity contribution in [1.82, 2.24) is 10.3 Å². The van der Waals surface area contributed by atoms with Crippen molar-refractivity contribution in [1.29, 1.82) is 0 Å². The van der Waals surface area contributed by atoms with Crippen molar-refractivity contribution in [2.24, 2.45) is 0 Å². The quantitative estimate of drug-likeness (QED) is 0.771. The zero-order chi connectivity index (χ0) is 10.6. The van der Waals surface area contributed by atoms with Crippen LogP contribution in [-0.2, 0) is 11.2 Å². The molecule has 0 bridgehead atoms. The number of carbonyl (C=O) groups is 1. The zero-order valence-electron chi connectivity index (χ0n) is 8.23. The summed E-state index contributed by atoms with van der Waals surface area (Å²) >= 11 is 1.48. The molecule has 0 saturated carbocycles. The molecule has 0 aromatic carbocycles. The van der Waals surface area contributed by atoms with Gasteiger partial charge in [-0.1, -0.05) is 13.8 Å². The van der Waals surface area contributed by atoms with E-state index in [4.69, 9.17) is 5.11 Å². The van der Waals surface area contributed by atoms with Crippen molar-refractivity contribution < 1.29 is 9.90 Å². The van der Waals surface area contributed by atoms with Crippen LogP contribution in [-0.4, -0.2) is 28.1 Å². The normalized spacial score (nSPS) is 13.1. The molecule has 4 nitrogen and oxygen atoms in total. The third kappa shape index (κ3) is 3.43. The topological polar surface area (TPSA) is 62.2 Å². The summed E-state index contributed by atoms with van der Waals surface area (Å²) in [5, 5.41) is 13.8. The predicted molar refractivity (Wildman–Crippen MR) is 55.5 cm³/mol. The molecule has 1 rings (SSSR count). The summed E-state index contributed by atoms with van der Waals surface area (Å²) in [6, 6.07) is -0.383. The fourth-order valence-corrected chi connectivity index (χ4v) is 1.74. The van der Waals surface area contributed by atoms with E-state index in [0.29, 0.717) is 6.42 Å². The molecule has 0 spiro atoms. The van der Waals surface area contributed by atoms with Crippen LogP contribution in [0.15, 0.2) is 10.9 Å². The molecule has 5 heteroatoms. The monoisotopic (exact) mass is 214 g/mol. The molecule has 78 valence electrons. The third-order valence-corrected chi connectivity index (χ3v) is 2.36. The van der Waals surface area contributed by atoms with Gasteiger partial charge < -0.3 is 10.4 Å². The minimum absolute atomic E-state index is 0.162. The average Bonchev–Trinajstić information content (AvgIpc) is 2.54. The Bertz CT molecular complexity index is 285. The second-order valence-corrected chi connectivity index (χ2v) is 4.11. The summed E-state index contributed by atoms with van der Waals surface area (Å²) in [6.07, 6.45) is 0.441. The van der Waals surface area contributed by atoms with Crippen molar-refractivity contribution in [3.05, 3.63) is 16.6 Å². The van der Waals surface area contributed by atoms with Crippen LogP contribution in [0.5, 0.6) is 0 Å². The number of hydrogen-bond donors (Lipinski definition) is 2. The second-order valence-electron chi connectivity index (χ2n) is 3.40. The molecule has 0 aliphatic carbocycles. The van der Waals surface area contributed by atoms with E-state index in [2.05, 4.69) is 10.3 Å². The van der Waals surface area contributed by atoms with E-state index in [0.717, 1.165) is 5.69 Å². The summed E-state index contributed by atoms with van der Waals surface area (Å²) in [5.41, 5.74) is 2.54. The van der Waals surface area contributed by atoms with Gasteiger partial charge in [-0.3, -0.25) is 4.79 Å². The van der Waals surface area contributed by atoms with Crippen molar-refractivity contribution in [3.63, 3.8) is 0 Å². The van der Waals surface area contributed by atoms with Gasteiger partial charge in [0.05, 0.1) is 11.2 Å². The second kappa shape index (κ2) is 5.07. The van der Waals surface area contributed by atoms with E-state index in [-0.39, 0.29) is 6.04 Å². The first-order valence-corrected chi connectivity index (χ1v) is 5.39. The van der Waals surface area contributed by atoms with E-state index >= 15 is 0 Å². The molecule has 0 aliphatic heterocycles. The molecule has 2 N–H and O–H groups in total. The number of carboxylic acid groups (broad SMARTS) is 1. The number of nitrogens with one attached hydrogen (secondary N) is 1. The maximum Gasteiger partial charge on any atom is 0.321 e. The largest absolute Gasteiger partial charge is 0.480 e. The SMILES string of the molecule is CC(C)NC(Cc1cscn1)C(=O)O. The van der Waals surface area contributed by atoms with Crippen LogP contribution in [0.2, 0.25) is 0 Å². The molecule has 0 amide bonds. The van der Waals surface area contributed by atoms with Crippen molar-refractivity contribution in [2.45, 2.75) is 32.4 Å². The Morgan fingerprint density at radius 1 is 1.71 bits per heavy atom. The summed E-state index contributed by atoms with van der Waals surface area (Å²) in [6.45, 7) is 3.86. The van der Waals surface area contributed by atoms with Gasteiger partial charge in [0.25, 0.3) is 0 Å². The van der Waals surface area contributed by atoms with Gasteiger partial charge in [-0.15, -0.1) is 11.3 Å². The molecule has 1 aromatic rings. The van der Waals surface area contributed by atoms with Gasteiger partial charge in [-0.05, 0) is 0 Å². The Hall–Kier alpha value is -0.940. The summed E-state index contributed by atoms with van der Waals surface area (Å²) in [7, 11) is 0. The lowest BCUT2D eigenvalue weighted by Gasteiger charge is -2.15. The number of nitrogens with zero attached hydrogens (tertiary/aromatic N) is 1. The predicted octanol–water partition coefficient (Wildman–Crippen LogP) is 1.14. The molecule has 14 heavy (non-hydrogen) atoms. The van der Waals surface area contributed by atoms with Gasteiger partial charge in [-0.2, -0.15) is 0 Å². The molecule has 1 unspecified atom stereocenters. The number of aliphatic carboxylic acids is 1. The zero-order valence-corrected chi connectivity index (χ0v) is 9.04. The smallest absolute Gasteiger partial charge is 0.321 e. The fourth-order valence-electron chi connectivity index (χ4n) is 1.17. The van der Waals surface area contributed by atoms with Crippen LogP contribution in [0, 0.1) is 0 Å². The number of carboxylic acids is 1. The molecule has 0 aliphatic rings. The fraction of sp³-hybridized carbons (Fsp3) is 0.556. The standard InChI is InChI=1S/C9H14N2O2S/c1-6(2)11-8(9(12)13)3-7-4-14-5-10-7/h4-6,8,11H,3H2,1-2H3,(H,12,13). The van der Waals surface area contributed by atoms with E-state index in [1.807, 2.05) is 19.2 Å². The summed E-state index contributed by atoms with van der Waals surface area (Å²) in [4.78, 5) is 14.9. The van der Waals surface area contributed by atoms with Crippen LogP contribution in [0.1, 0.15) is 19.5 Å². The highest BCUT2D eigenvalue weighted by molar-refractivity contribution is 7.07. The van der Waals surface area contributed by atoms with Crippen LogP contribution in [0.25, 0.3) is 0 Å². The summed E-state index contributed by atoms with van der Waals surface area (Å²) < 4.78 is 0. The number of aromatic nitrogens is 1. The van der Waals surface area contributed by atoms with E-state index < -0.39 is 12.0 Å². The van der Waals surface area contributed by atoms with Gasteiger partial charge in [0, 0.05) is 17.8 Å². The molecule has 0 radical (unpaired) electrons. The van der Waals surface area contributed by atoms with Crippen molar-refractivity contribution in [3.8, 4) is 0 Å². The Morgan fingerprint density at radius 2 is 2.43 bits per heavy atom. The Balaban J connectivity index is 2.56. The highest BCUT2D eigenvalue weighted by Crippen LogP contribution is 2.05. The van der Waals surface area contributed by atoms with Gasteiger partial charge in [-0.25, -0.2) is 4.98 Å².